The van der Waals surface area contributed by atoms with Crippen LogP contribution in [-0.4, -0.2) is 64.0 Å². The zero-order valence-corrected chi connectivity index (χ0v) is 19.0. The lowest BCUT2D eigenvalue weighted by Crippen LogP contribution is -2.51. The van der Waals surface area contributed by atoms with Crippen LogP contribution in [0.3, 0.4) is 0 Å². The summed E-state index contributed by atoms with van der Waals surface area (Å²) in [5.41, 5.74) is 1.49. The second-order valence-electron chi connectivity index (χ2n) is 8.00. The van der Waals surface area contributed by atoms with Crippen molar-refractivity contribution in [3.63, 3.8) is 0 Å². The van der Waals surface area contributed by atoms with Crippen molar-refractivity contribution in [3.8, 4) is 17.2 Å². The van der Waals surface area contributed by atoms with Crippen molar-refractivity contribution in [2.45, 2.75) is 44.2 Å². The minimum atomic E-state index is -1.27. The molecule has 0 aromatic heterocycles. The lowest BCUT2D eigenvalue weighted by Gasteiger charge is -2.21. The number of ether oxygens (including phenoxy) is 1. The van der Waals surface area contributed by atoms with E-state index in [9.17, 15) is 34.8 Å². The predicted molar refractivity (Wildman–Crippen MR) is 123 cm³/mol. The number of carbonyl (C=O) groups is 3. The first-order chi connectivity index (χ1) is 16.1. The van der Waals surface area contributed by atoms with Crippen molar-refractivity contribution < 1.29 is 39.5 Å². The van der Waals surface area contributed by atoms with Crippen LogP contribution in [0.25, 0.3) is 0 Å². The smallest absolute Gasteiger partial charge is 0.326 e. The maximum absolute atomic E-state index is 12.7. The Balaban J connectivity index is 2.00. The number of carboxylic acids is 2. The van der Waals surface area contributed by atoms with Gasteiger partial charge in [-0.3, -0.25) is 9.59 Å². The van der Waals surface area contributed by atoms with E-state index in [-0.39, 0.29) is 23.8 Å². The molecule has 0 heterocycles. The summed E-state index contributed by atoms with van der Waals surface area (Å²) < 4.78 is 5.11. The predicted octanol–water partition coefficient (Wildman–Crippen LogP) is 1.84. The Morgan fingerprint density at radius 3 is 2.26 bits per heavy atom. The highest BCUT2D eigenvalue weighted by Crippen LogP contribution is 2.30. The minimum Gasteiger partial charge on any atom is -0.508 e. The fraction of sp³-hybridized carbons (Fsp3) is 0.375. The van der Waals surface area contributed by atoms with Crippen LogP contribution in [0.15, 0.2) is 42.5 Å². The molecule has 2 aromatic carbocycles. The normalized spacial score (nSPS) is 13.5. The lowest BCUT2D eigenvalue weighted by molar-refractivity contribution is -0.143. The van der Waals surface area contributed by atoms with E-state index < -0.39 is 36.4 Å². The van der Waals surface area contributed by atoms with Crippen LogP contribution >= 0.6 is 0 Å². The highest BCUT2D eigenvalue weighted by Gasteiger charge is 2.27. The molecular formula is C24H30N2O8. The third-order valence-electron chi connectivity index (χ3n) is 5.43. The van der Waals surface area contributed by atoms with E-state index in [0.717, 1.165) is 5.56 Å². The average Bonchev–Trinajstić information content (AvgIpc) is 2.79. The van der Waals surface area contributed by atoms with E-state index in [1.807, 2.05) is 6.92 Å². The summed E-state index contributed by atoms with van der Waals surface area (Å²) in [7, 11) is 1.45. The van der Waals surface area contributed by atoms with Crippen molar-refractivity contribution in [1.29, 1.82) is 0 Å². The van der Waals surface area contributed by atoms with E-state index in [1.165, 1.54) is 25.3 Å². The van der Waals surface area contributed by atoms with Gasteiger partial charge in [0.05, 0.1) is 19.6 Å². The summed E-state index contributed by atoms with van der Waals surface area (Å²) in [5, 5.41) is 43.1. The molecule has 6 N–H and O–H groups in total. The molecule has 0 saturated carbocycles. The molecule has 10 nitrogen and oxygen atoms in total. The number of hydrogen-bond acceptors (Lipinski definition) is 7. The van der Waals surface area contributed by atoms with Gasteiger partial charge in [-0.1, -0.05) is 25.1 Å². The second kappa shape index (κ2) is 12.4. The van der Waals surface area contributed by atoms with Gasteiger partial charge < -0.3 is 35.8 Å². The number of phenols is 2. The molecule has 2 aromatic rings. The summed E-state index contributed by atoms with van der Waals surface area (Å²) in [6.45, 7) is 2.24. The van der Waals surface area contributed by atoms with Crippen molar-refractivity contribution in [3.05, 3.63) is 53.6 Å². The highest BCUT2D eigenvalue weighted by molar-refractivity contribution is 5.89. The first-order valence-electron chi connectivity index (χ1n) is 10.7. The van der Waals surface area contributed by atoms with Crippen LogP contribution in [0.4, 0.5) is 0 Å². The molecular weight excluding hydrogens is 444 g/mol. The monoisotopic (exact) mass is 474 g/mol. The van der Waals surface area contributed by atoms with Gasteiger partial charge in [-0.15, -0.1) is 0 Å². The highest BCUT2D eigenvalue weighted by atomic mass is 16.5. The van der Waals surface area contributed by atoms with Gasteiger partial charge in [0.25, 0.3) is 0 Å². The fourth-order valence-electron chi connectivity index (χ4n) is 3.41. The molecule has 0 aliphatic carbocycles. The van der Waals surface area contributed by atoms with Crippen LogP contribution in [0.5, 0.6) is 17.2 Å². The number of amides is 1. The fourth-order valence-corrected chi connectivity index (χ4v) is 3.41. The van der Waals surface area contributed by atoms with Crippen LogP contribution in [0.1, 0.15) is 36.8 Å². The van der Waals surface area contributed by atoms with Gasteiger partial charge in [0, 0.05) is 6.42 Å². The molecule has 10 heteroatoms. The summed E-state index contributed by atoms with van der Waals surface area (Å²) in [4.78, 5) is 35.7. The molecule has 0 aliphatic rings. The Hall–Kier alpha value is -3.79. The molecule has 0 aliphatic heterocycles. The maximum atomic E-state index is 12.7. The number of methoxy groups -OCH3 is 1. The zero-order valence-electron chi connectivity index (χ0n) is 19.0. The van der Waals surface area contributed by atoms with Gasteiger partial charge in [0.2, 0.25) is 5.91 Å². The van der Waals surface area contributed by atoms with Gasteiger partial charge in [0.15, 0.2) is 11.5 Å². The Kier molecular flexibility index (Phi) is 9.69. The number of phenolic OH excluding ortho intramolecular Hbond substituents is 2. The van der Waals surface area contributed by atoms with Gasteiger partial charge in [0.1, 0.15) is 11.8 Å². The molecule has 34 heavy (non-hydrogen) atoms. The van der Waals surface area contributed by atoms with Crippen LogP contribution in [-0.2, 0) is 20.8 Å². The Morgan fingerprint density at radius 1 is 1.00 bits per heavy atom. The standard InChI is InChI=1S/C24H30N2O8/c1-14(16-5-8-20(28)21(12-16)34-2)9-10-25-18(13-22(29)30)23(31)26-19(24(32)33)11-15-3-6-17(27)7-4-15/h3-8,12,14,18-19,25,27-28H,9-11,13H2,1-2H3,(H,26,31)(H,29,30)(H,32,33)/t14?,18-,19-/m0/s1. The Labute approximate surface area is 197 Å². The number of benzene rings is 2. The van der Waals surface area contributed by atoms with E-state index >= 15 is 0 Å². The number of aliphatic carboxylic acids is 2. The molecule has 3 atom stereocenters. The van der Waals surface area contributed by atoms with Gasteiger partial charge >= 0.3 is 11.9 Å². The molecule has 1 unspecified atom stereocenters. The molecule has 0 spiro atoms. The van der Waals surface area contributed by atoms with Crippen molar-refractivity contribution in [1.82, 2.24) is 10.6 Å². The van der Waals surface area contributed by atoms with Crippen LogP contribution < -0.4 is 15.4 Å². The molecule has 0 bridgehead atoms. The SMILES string of the molecule is COc1cc(C(C)CCN[C@@H](CC(=O)O)C(=O)N[C@@H](Cc2ccc(O)cc2)C(=O)O)ccc1O. The molecule has 0 radical (unpaired) electrons. The summed E-state index contributed by atoms with van der Waals surface area (Å²) in [6.07, 6.45) is 0.00680. The average molecular weight is 475 g/mol. The van der Waals surface area contributed by atoms with Crippen molar-refractivity contribution >= 4 is 17.8 Å². The number of rotatable bonds is 13. The molecule has 184 valence electrons. The number of carboxylic acid groups (broad SMARTS) is 2. The number of hydrogen-bond donors (Lipinski definition) is 6. The summed E-state index contributed by atoms with van der Waals surface area (Å²) in [5.74, 6) is -2.78. The van der Waals surface area contributed by atoms with E-state index in [0.29, 0.717) is 24.3 Å². The first-order valence-corrected chi connectivity index (χ1v) is 10.7. The second-order valence-corrected chi connectivity index (χ2v) is 8.00. The molecule has 1 amide bonds. The van der Waals surface area contributed by atoms with Crippen LogP contribution in [0.2, 0.25) is 0 Å². The number of nitrogens with one attached hydrogen (secondary N) is 2. The quantitative estimate of drug-likeness (QED) is 0.254. The van der Waals surface area contributed by atoms with E-state index in [4.69, 9.17) is 4.74 Å². The minimum absolute atomic E-state index is 0.0109. The molecule has 0 fully saturated rings. The number of carbonyl (C=O) groups excluding carboxylic acids is 1. The number of aromatic hydroxyl groups is 2. The third-order valence-corrected chi connectivity index (χ3v) is 5.43. The summed E-state index contributed by atoms with van der Waals surface area (Å²) in [6, 6.07) is 8.52. The Morgan fingerprint density at radius 2 is 1.68 bits per heavy atom. The topological polar surface area (TPSA) is 165 Å². The lowest BCUT2D eigenvalue weighted by atomic mass is 9.97. The first kappa shape index (κ1) is 26.5. The van der Waals surface area contributed by atoms with Crippen molar-refractivity contribution in [2.75, 3.05) is 13.7 Å². The van der Waals surface area contributed by atoms with E-state index in [2.05, 4.69) is 10.6 Å². The van der Waals surface area contributed by atoms with Crippen LogP contribution in [0, 0.1) is 0 Å². The maximum Gasteiger partial charge on any atom is 0.326 e. The molecule has 0 saturated heterocycles. The van der Waals surface area contributed by atoms with Gasteiger partial charge in [-0.05, 0) is 54.3 Å². The van der Waals surface area contributed by atoms with Gasteiger partial charge in [-0.2, -0.15) is 0 Å². The van der Waals surface area contributed by atoms with Crippen molar-refractivity contribution in [2.24, 2.45) is 0 Å². The third kappa shape index (κ3) is 7.96. The Bertz CT molecular complexity index is 993. The molecule has 2 rings (SSSR count). The zero-order chi connectivity index (χ0) is 25.3. The largest absolute Gasteiger partial charge is 0.508 e. The van der Waals surface area contributed by atoms with E-state index in [1.54, 1.807) is 24.3 Å². The summed E-state index contributed by atoms with van der Waals surface area (Å²) >= 11 is 0. The van der Waals surface area contributed by atoms with Gasteiger partial charge in [-0.25, -0.2) is 4.79 Å².